The average Bonchev–Trinajstić information content (AvgIpc) is 2.96. The molecule has 2 heterocycles. The first-order chi connectivity index (χ1) is 9.61. The molecule has 0 N–H and O–H groups in total. The van der Waals surface area contributed by atoms with Crippen LogP contribution in [0.2, 0.25) is 0 Å². The Hall–Kier alpha value is -0.880. The van der Waals surface area contributed by atoms with E-state index < -0.39 is 10.0 Å². The average molecular weight is 328 g/mol. The predicted molar refractivity (Wildman–Crippen MR) is 81.6 cm³/mol. The number of alkyl halides is 1. The number of hydrogen-bond acceptors (Lipinski definition) is 3. The van der Waals surface area contributed by atoms with E-state index >= 15 is 0 Å². The lowest BCUT2D eigenvalue weighted by Crippen LogP contribution is -2.35. The minimum atomic E-state index is -3.40. The summed E-state index contributed by atoms with van der Waals surface area (Å²) < 4.78 is 27.2. The maximum absolute atomic E-state index is 12.6. The van der Waals surface area contributed by atoms with Gasteiger partial charge in [0, 0.05) is 19.0 Å². The third-order valence-corrected chi connectivity index (χ3v) is 7.09. The van der Waals surface area contributed by atoms with Gasteiger partial charge in [-0.15, -0.1) is 22.9 Å². The van der Waals surface area contributed by atoms with Crippen LogP contribution in [0, 0.1) is 0 Å². The van der Waals surface area contributed by atoms with E-state index in [1.807, 2.05) is 18.2 Å². The molecule has 0 unspecified atom stereocenters. The normalized spacial score (nSPS) is 16.1. The molecule has 6 heteroatoms. The van der Waals surface area contributed by atoms with Crippen LogP contribution in [-0.4, -0.2) is 19.3 Å². The van der Waals surface area contributed by atoms with Crippen molar-refractivity contribution in [3.8, 4) is 0 Å². The molecule has 0 saturated heterocycles. The Morgan fingerprint density at radius 2 is 2.00 bits per heavy atom. The van der Waals surface area contributed by atoms with Gasteiger partial charge in [-0.05, 0) is 34.6 Å². The summed E-state index contributed by atoms with van der Waals surface area (Å²) in [4.78, 5) is 0. The monoisotopic (exact) mass is 327 g/mol. The smallest absolute Gasteiger partial charge is 0.206 e. The number of thiophene rings is 1. The highest BCUT2D eigenvalue weighted by atomic mass is 35.5. The van der Waals surface area contributed by atoms with E-state index in [0.717, 1.165) is 17.5 Å². The highest BCUT2D eigenvalue weighted by Crippen LogP contribution is 2.28. The van der Waals surface area contributed by atoms with E-state index in [4.69, 9.17) is 11.6 Å². The second kappa shape index (κ2) is 5.48. The van der Waals surface area contributed by atoms with Crippen LogP contribution in [0.3, 0.4) is 0 Å². The van der Waals surface area contributed by atoms with Crippen LogP contribution in [0.4, 0.5) is 0 Å². The molecular formula is C14H14ClNO2S2. The quantitative estimate of drug-likeness (QED) is 0.812. The molecule has 0 bridgehead atoms. The predicted octanol–water partition coefficient (Wildman–Crippen LogP) is 3.23. The first kappa shape index (κ1) is 14.1. The molecule has 3 nitrogen and oxygen atoms in total. The lowest BCUT2D eigenvalue weighted by Gasteiger charge is -2.27. The van der Waals surface area contributed by atoms with Gasteiger partial charge in [0.1, 0.15) is 4.21 Å². The summed E-state index contributed by atoms with van der Waals surface area (Å²) in [7, 11) is -3.40. The summed E-state index contributed by atoms with van der Waals surface area (Å²) in [5.41, 5.74) is 3.19. The van der Waals surface area contributed by atoms with Gasteiger partial charge < -0.3 is 0 Å². The molecule has 1 aromatic heterocycles. The van der Waals surface area contributed by atoms with E-state index in [9.17, 15) is 8.42 Å². The second-order valence-electron chi connectivity index (χ2n) is 4.76. The number of fused-ring (bicyclic) bond motifs is 1. The van der Waals surface area contributed by atoms with Crippen molar-refractivity contribution in [2.75, 3.05) is 6.54 Å². The van der Waals surface area contributed by atoms with Crippen LogP contribution in [0.25, 0.3) is 0 Å². The third-order valence-electron chi connectivity index (χ3n) is 3.47. The summed E-state index contributed by atoms with van der Waals surface area (Å²) in [6.45, 7) is 0.986. The number of benzene rings is 1. The summed E-state index contributed by atoms with van der Waals surface area (Å²) in [5.74, 6) is 0.342. The van der Waals surface area contributed by atoms with Gasteiger partial charge in [-0.2, -0.15) is 4.31 Å². The first-order valence-electron chi connectivity index (χ1n) is 6.31. The summed E-state index contributed by atoms with van der Waals surface area (Å²) in [6, 6.07) is 9.68. The molecule has 0 spiro atoms. The molecule has 0 aliphatic carbocycles. The number of hydrogen-bond donors (Lipinski definition) is 0. The van der Waals surface area contributed by atoms with Crippen LogP contribution >= 0.6 is 22.9 Å². The lowest BCUT2D eigenvalue weighted by atomic mass is 10.0. The van der Waals surface area contributed by atoms with E-state index in [0.29, 0.717) is 23.2 Å². The molecule has 0 atom stereocenters. The number of nitrogens with zero attached hydrogens (tertiary/aromatic N) is 1. The van der Waals surface area contributed by atoms with E-state index in [-0.39, 0.29) is 0 Å². The van der Waals surface area contributed by atoms with E-state index in [1.54, 1.807) is 15.8 Å². The van der Waals surface area contributed by atoms with Crippen molar-refractivity contribution in [2.45, 2.75) is 23.1 Å². The zero-order valence-electron chi connectivity index (χ0n) is 10.8. The van der Waals surface area contributed by atoms with Gasteiger partial charge in [0.25, 0.3) is 10.0 Å². The van der Waals surface area contributed by atoms with Crippen molar-refractivity contribution in [3.63, 3.8) is 0 Å². The fourth-order valence-corrected chi connectivity index (χ4v) is 5.39. The Bertz CT molecular complexity index is 724. The van der Waals surface area contributed by atoms with Crippen LogP contribution in [0.5, 0.6) is 0 Å². The molecule has 106 valence electrons. The second-order valence-corrected chi connectivity index (χ2v) is 8.11. The number of halogens is 1. The number of sulfonamides is 1. The minimum Gasteiger partial charge on any atom is -0.206 e. The SMILES string of the molecule is O=S(=O)(c1cc(CCl)cs1)N1CCc2ccccc2C1. The molecular weight excluding hydrogens is 314 g/mol. The number of rotatable bonds is 3. The topological polar surface area (TPSA) is 37.4 Å². The van der Waals surface area contributed by atoms with Crippen LogP contribution in [0.15, 0.2) is 39.9 Å². The maximum Gasteiger partial charge on any atom is 0.252 e. The first-order valence-corrected chi connectivity index (χ1v) is 9.17. The largest absolute Gasteiger partial charge is 0.252 e. The van der Waals surface area contributed by atoms with Crippen molar-refractivity contribution >= 4 is 33.0 Å². The molecule has 2 aromatic rings. The van der Waals surface area contributed by atoms with E-state index in [2.05, 4.69) is 6.07 Å². The Kier molecular flexibility index (Phi) is 3.86. The van der Waals surface area contributed by atoms with E-state index in [1.165, 1.54) is 16.9 Å². The van der Waals surface area contributed by atoms with Gasteiger partial charge in [-0.25, -0.2) is 8.42 Å². The van der Waals surface area contributed by atoms with Crippen molar-refractivity contribution in [1.29, 1.82) is 0 Å². The highest BCUT2D eigenvalue weighted by molar-refractivity contribution is 7.91. The Labute approximate surface area is 127 Å². The summed E-state index contributed by atoms with van der Waals surface area (Å²) in [5, 5.41) is 1.80. The van der Waals surface area contributed by atoms with Gasteiger partial charge in [-0.1, -0.05) is 24.3 Å². The molecule has 0 fully saturated rings. The molecule has 0 amide bonds. The van der Waals surface area contributed by atoms with Gasteiger partial charge in [0.2, 0.25) is 0 Å². The van der Waals surface area contributed by atoms with Gasteiger partial charge >= 0.3 is 0 Å². The molecule has 0 radical (unpaired) electrons. The maximum atomic E-state index is 12.6. The van der Waals surface area contributed by atoms with Gasteiger partial charge in [0.05, 0.1) is 0 Å². The molecule has 1 aromatic carbocycles. The van der Waals surface area contributed by atoms with Crippen molar-refractivity contribution < 1.29 is 8.42 Å². The Morgan fingerprint density at radius 1 is 1.25 bits per heavy atom. The standard InChI is InChI=1S/C14H14ClNO2S2/c15-8-11-7-14(19-10-11)20(17,18)16-6-5-12-3-1-2-4-13(12)9-16/h1-4,7,10H,5-6,8-9H2. The van der Waals surface area contributed by atoms with Crippen molar-refractivity contribution in [3.05, 3.63) is 52.4 Å². The van der Waals surface area contributed by atoms with Crippen molar-refractivity contribution in [1.82, 2.24) is 4.31 Å². The molecule has 20 heavy (non-hydrogen) atoms. The molecule has 3 rings (SSSR count). The zero-order valence-corrected chi connectivity index (χ0v) is 13.1. The summed E-state index contributed by atoms with van der Waals surface area (Å²) in [6.07, 6.45) is 0.767. The van der Waals surface area contributed by atoms with Crippen molar-refractivity contribution in [2.24, 2.45) is 0 Å². The zero-order chi connectivity index (χ0) is 14.2. The fraction of sp³-hybridized carbons (Fsp3) is 0.286. The lowest BCUT2D eigenvalue weighted by molar-refractivity contribution is 0.392. The van der Waals surface area contributed by atoms with Gasteiger partial charge in [0.15, 0.2) is 0 Å². The molecule has 1 aliphatic rings. The minimum absolute atomic E-state index is 0.342. The van der Waals surface area contributed by atoms with Crippen LogP contribution < -0.4 is 0 Å². The van der Waals surface area contributed by atoms with Gasteiger partial charge in [-0.3, -0.25) is 0 Å². The molecule has 0 saturated carbocycles. The van der Waals surface area contributed by atoms with Crippen LogP contribution in [0.1, 0.15) is 16.7 Å². The molecule has 1 aliphatic heterocycles. The highest BCUT2D eigenvalue weighted by Gasteiger charge is 2.29. The third kappa shape index (κ3) is 2.51. The fourth-order valence-electron chi connectivity index (χ4n) is 2.36. The Morgan fingerprint density at radius 3 is 2.70 bits per heavy atom. The summed E-state index contributed by atoms with van der Waals surface area (Å²) >= 11 is 6.98. The van der Waals surface area contributed by atoms with Crippen LogP contribution in [-0.2, 0) is 28.9 Å². The Balaban J connectivity index is 1.90.